The number of halogens is 1. The van der Waals surface area contributed by atoms with Gasteiger partial charge in [-0.1, -0.05) is 13.8 Å². The normalized spacial score (nSPS) is 10.5. The molecule has 82 valence electrons. The third-order valence-corrected chi connectivity index (χ3v) is 1.91. The van der Waals surface area contributed by atoms with Gasteiger partial charge in [0.2, 0.25) is 0 Å². The molecule has 0 aromatic heterocycles. The molecule has 0 fully saturated rings. The number of ketones is 1. The average Bonchev–Trinajstić information content (AvgIpc) is 2.16. The molecule has 0 atom stereocenters. The van der Waals surface area contributed by atoms with E-state index in [1.165, 1.54) is 25.1 Å². The van der Waals surface area contributed by atoms with Crippen molar-refractivity contribution in [2.75, 3.05) is 6.61 Å². The summed E-state index contributed by atoms with van der Waals surface area (Å²) in [6.45, 7) is 5.84. The van der Waals surface area contributed by atoms with Gasteiger partial charge in [0.1, 0.15) is 0 Å². The molecule has 0 aliphatic heterocycles. The first kappa shape index (κ1) is 11.7. The van der Waals surface area contributed by atoms with Crippen molar-refractivity contribution in [1.29, 1.82) is 0 Å². The number of carbonyl (C=O) groups excluding carboxylic acids is 1. The fraction of sp³-hybridized carbons (Fsp3) is 0.417. The first-order valence-electron chi connectivity index (χ1n) is 4.94. The van der Waals surface area contributed by atoms with Crippen LogP contribution in [0.3, 0.4) is 0 Å². The molecule has 0 aliphatic rings. The Morgan fingerprint density at radius 1 is 1.47 bits per heavy atom. The van der Waals surface area contributed by atoms with E-state index in [1.54, 1.807) is 0 Å². The van der Waals surface area contributed by atoms with Gasteiger partial charge in [0.05, 0.1) is 6.61 Å². The van der Waals surface area contributed by atoms with Crippen molar-refractivity contribution < 1.29 is 13.9 Å². The lowest BCUT2D eigenvalue weighted by molar-refractivity contribution is 0.101. The average molecular weight is 210 g/mol. The zero-order valence-corrected chi connectivity index (χ0v) is 9.21. The van der Waals surface area contributed by atoms with Crippen molar-refractivity contribution >= 4 is 5.78 Å². The van der Waals surface area contributed by atoms with Crippen LogP contribution in [0.15, 0.2) is 18.2 Å². The Hall–Kier alpha value is -1.38. The first-order chi connectivity index (χ1) is 7.00. The largest absolute Gasteiger partial charge is 0.490 e. The van der Waals surface area contributed by atoms with Crippen molar-refractivity contribution in [1.82, 2.24) is 0 Å². The van der Waals surface area contributed by atoms with Crippen LogP contribution in [0.25, 0.3) is 0 Å². The summed E-state index contributed by atoms with van der Waals surface area (Å²) >= 11 is 0. The Labute approximate surface area is 89.1 Å². The minimum atomic E-state index is -0.430. The molecule has 0 saturated carbocycles. The second-order valence-corrected chi connectivity index (χ2v) is 3.91. The van der Waals surface area contributed by atoms with E-state index < -0.39 is 5.82 Å². The second-order valence-electron chi connectivity index (χ2n) is 3.91. The maximum absolute atomic E-state index is 13.2. The van der Waals surface area contributed by atoms with Gasteiger partial charge in [-0.15, -0.1) is 0 Å². The molecule has 3 heteroatoms. The summed E-state index contributed by atoms with van der Waals surface area (Å²) in [6.07, 6.45) is 0. The predicted molar refractivity (Wildman–Crippen MR) is 56.7 cm³/mol. The van der Waals surface area contributed by atoms with Gasteiger partial charge in [-0.2, -0.15) is 0 Å². The van der Waals surface area contributed by atoms with Crippen LogP contribution in [0.4, 0.5) is 4.39 Å². The number of carbonyl (C=O) groups is 1. The van der Waals surface area contributed by atoms with Gasteiger partial charge in [-0.05, 0) is 31.0 Å². The van der Waals surface area contributed by atoms with Crippen molar-refractivity contribution in [3.8, 4) is 5.75 Å². The van der Waals surface area contributed by atoms with Crippen LogP contribution in [0.5, 0.6) is 5.75 Å². The van der Waals surface area contributed by atoms with Crippen LogP contribution in [0, 0.1) is 11.7 Å². The fourth-order valence-corrected chi connectivity index (χ4v) is 1.09. The van der Waals surface area contributed by atoms with E-state index in [9.17, 15) is 9.18 Å². The number of ether oxygens (including phenoxy) is 1. The van der Waals surface area contributed by atoms with Gasteiger partial charge < -0.3 is 4.74 Å². The van der Waals surface area contributed by atoms with Gasteiger partial charge >= 0.3 is 0 Å². The molecular formula is C12H15FO2. The van der Waals surface area contributed by atoms with Crippen LogP contribution < -0.4 is 4.74 Å². The molecule has 0 N–H and O–H groups in total. The topological polar surface area (TPSA) is 26.3 Å². The third-order valence-electron chi connectivity index (χ3n) is 1.91. The van der Waals surface area contributed by atoms with Crippen LogP contribution in [-0.4, -0.2) is 12.4 Å². The second kappa shape index (κ2) is 4.91. The Morgan fingerprint density at radius 2 is 2.13 bits per heavy atom. The van der Waals surface area contributed by atoms with Gasteiger partial charge in [0, 0.05) is 5.56 Å². The maximum atomic E-state index is 13.2. The van der Waals surface area contributed by atoms with E-state index in [0.29, 0.717) is 18.1 Å². The summed E-state index contributed by atoms with van der Waals surface area (Å²) in [6, 6.07) is 4.16. The minimum absolute atomic E-state index is 0.0932. The van der Waals surface area contributed by atoms with E-state index >= 15 is 0 Å². The standard InChI is InChI=1S/C12H15FO2/c1-8(2)7-15-12-6-10(9(3)14)4-5-11(12)13/h4-6,8H,7H2,1-3H3. The molecule has 1 rings (SSSR count). The van der Waals surface area contributed by atoms with E-state index in [2.05, 4.69) is 0 Å². The van der Waals surface area contributed by atoms with Crippen LogP contribution in [0.1, 0.15) is 31.1 Å². The predicted octanol–water partition coefficient (Wildman–Crippen LogP) is 3.06. The number of hydrogen-bond donors (Lipinski definition) is 0. The van der Waals surface area contributed by atoms with Gasteiger partial charge in [0.15, 0.2) is 17.3 Å². The summed E-state index contributed by atoms with van der Waals surface area (Å²) in [5, 5.41) is 0. The molecule has 0 amide bonds. The highest BCUT2D eigenvalue weighted by Crippen LogP contribution is 2.19. The zero-order chi connectivity index (χ0) is 11.4. The van der Waals surface area contributed by atoms with Crippen LogP contribution in [-0.2, 0) is 0 Å². The van der Waals surface area contributed by atoms with Crippen LogP contribution in [0.2, 0.25) is 0 Å². The Morgan fingerprint density at radius 3 is 2.67 bits per heavy atom. The molecule has 0 aliphatic carbocycles. The Bertz CT molecular complexity index is 359. The minimum Gasteiger partial charge on any atom is -0.490 e. The van der Waals surface area contributed by atoms with E-state index in [1.807, 2.05) is 13.8 Å². The highest BCUT2D eigenvalue weighted by molar-refractivity contribution is 5.94. The SMILES string of the molecule is CC(=O)c1ccc(F)c(OCC(C)C)c1. The molecule has 0 bridgehead atoms. The fourth-order valence-electron chi connectivity index (χ4n) is 1.09. The summed E-state index contributed by atoms with van der Waals surface area (Å²) in [4.78, 5) is 11.1. The number of benzene rings is 1. The van der Waals surface area contributed by atoms with Crippen LogP contribution >= 0.6 is 0 Å². The Balaban J connectivity index is 2.85. The van der Waals surface area contributed by atoms with Crippen molar-refractivity contribution in [3.63, 3.8) is 0 Å². The molecule has 15 heavy (non-hydrogen) atoms. The smallest absolute Gasteiger partial charge is 0.165 e. The zero-order valence-electron chi connectivity index (χ0n) is 9.21. The van der Waals surface area contributed by atoms with Crippen molar-refractivity contribution in [2.45, 2.75) is 20.8 Å². The highest BCUT2D eigenvalue weighted by atomic mass is 19.1. The van der Waals surface area contributed by atoms with E-state index in [0.717, 1.165) is 0 Å². The number of rotatable bonds is 4. The quantitative estimate of drug-likeness (QED) is 0.714. The molecule has 1 aromatic rings. The van der Waals surface area contributed by atoms with Gasteiger partial charge in [-0.25, -0.2) is 4.39 Å². The number of hydrogen-bond acceptors (Lipinski definition) is 2. The lowest BCUT2D eigenvalue weighted by Crippen LogP contribution is -2.06. The molecule has 0 spiro atoms. The molecular weight excluding hydrogens is 195 g/mol. The first-order valence-corrected chi connectivity index (χ1v) is 4.94. The summed E-state index contributed by atoms with van der Waals surface area (Å²) < 4.78 is 18.5. The highest BCUT2D eigenvalue weighted by Gasteiger charge is 2.08. The molecule has 0 heterocycles. The maximum Gasteiger partial charge on any atom is 0.165 e. The molecule has 1 aromatic carbocycles. The van der Waals surface area contributed by atoms with Gasteiger partial charge in [-0.3, -0.25) is 4.79 Å². The monoisotopic (exact) mass is 210 g/mol. The third kappa shape index (κ3) is 3.35. The number of Topliss-reactive ketones (excluding diaryl/α,β-unsaturated/α-hetero) is 1. The molecule has 0 saturated heterocycles. The van der Waals surface area contributed by atoms with Crippen molar-refractivity contribution in [3.05, 3.63) is 29.6 Å². The lowest BCUT2D eigenvalue weighted by atomic mass is 10.1. The Kier molecular flexibility index (Phi) is 3.83. The lowest BCUT2D eigenvalue weighted by Gasteiger charge is -2.10. The molecule has 0 unspecified atom stereocenters. The summed E-state index contributed by atoms with van der Waals surface area (Å²) in [5.74, 6) is -0.0492. The van der Waals surface area contributed by atoms with Gasteiger partial charge in [0.25, 0.3) is 0 Å². The van der Waals surface area contributed by atoms with Crippen molar-refractivity contribution in [2.24, 2.45) is 5.92 Å². The molecule has 2 nitrogen and oxygen atoms in total. The summed E-state index contributed by atoms with van der Waals surface area (Å²) in [7, 11) is 0. The molecule has 0 radical (unpaired) electrons. The summed E-state index contributed by atoms with van der Waals surface area (Å²) in [5.41, 5.74) is 0.468. The van der Waals surface area contributed by atoms with E-state index in [4.69, 9.17) is 4.74 Å². The van der Waals surface area contributed by atoms with E-state index in [-0.39, 0.29) is 11.5 Å².